The Hall–Kier alpha value is -2.89. The summed E-state index contributed by atoms with van der Waals surface area (Å²) in [6.07, 6.45) is 0.918. The molecule has 3 rings (SSSR count). The molecular weight excluding hydrogens is 311 g/mol. The Morgan fingerprint density at radius 1 is 1.25 bits per heavy atom. The number of ether oxygens (including phenoxy) is 1. The lowest BCUT2D eigenvalue weighted by molar-refractivity contribution is -0.117. The summed E-state index contributed by atoms with van der Waals surface area (Å²) in [4.78, 5) is 24.1. The molecule has 0 radical (unpaired) electrons. The SMILES string of the molecule is O=CN[C@H]1CC(=O)N(c2ccc(OCc3cccc(F)c3)cc2)C1. The first-order valence-corrected chi connectivity index (χ1v) is 7.63. The van der Waals surface area contributed by atoms with Crippen LogP contribution in [0.2, 0.25) is 0 Å². The van der Waals surface area contributed by atoms with Crippen molar-refractivity contribution in [3.63, 3.8) is 0 Å². The van der Waals surface area contributed by atoms with Gasteiger partial charge in [-0.1, -0.05) is 12.1 Å². The minimum atomic E-state index is -0.294. The van der Waals surface area contributed by atoms with Crippen molar-refractivity contribution >= 4 is 18.0 Å². The van der Waals surface area contributed by atoms with Crippen LogP contribution in [-0.4, -0.2) is 24.9 Å². The van der Waals surface area contributed by atoms with Crippen molar-refractivity contribution in [1.82, 2.24) is 5.32 Å². The standard InChI is InChI=1S/C18H17FN2O3/c19-14-3-1-2-13(8-14)11-24-17-6-4-16(5-7-17)21-10-15(20-12-22)9-18(21)23/h1-8,12,15H,9-11H2,(H,20,22)/t15-/m0/s1. The number of carbonyl (C=O) groups is 2. The molecule has 2 amide bonds. The highest BCUT2D eigenvalue weighted by molar-refractivity contribution is 5.96. The third-order valence-corrected chi connectivity index (χ3v) is 3.87. The second kappa shape index (κ2) is 7.12. The Labute approximate surface area is 139 Å². The minimum Gasteiger partial charge on any atom is -0.489 e. The molecule has 0 saturated carbocycles. The minimum absolute atomic E-state index is 0.0252. The summed E-state index contributed by atoms with van der Waals surface area (Å²) < 4.78 is 18.7. The van der Waals surface area contributed by atoms with Gasteiger partial charge in [-0.25, -0.2) is 4.39 Å². The van der Waals surface area contributed by atoms with Gasteiger partial charge in [0.25, 0.3) is 0 Å². The van der Waals surface area contributed by atoms with Crippen LogP contribution in [0, 0.1) is 5.82 Å². The van der Waals surface area contributed by atoms with E-state index in [-0.39, 0.29) is 24.4 Å². The lowest BCUT2D eigenvalue weighted by Crippen LogP contribution is -2.31. The van der Waals surface area contributed by atoms with Crippen LogP contribution < -0.4 is 15.0 Å². The molecule has 1 heterocycles. The molecule has 124 valence electrons. The maximum absolute atomic E-state index is 13.1. The quantitative estimate of drug-likeness (QED) is 0.828. The van der Waals surface area contributed by atoms with Crippen LogP contribution in [-0.2, 0) is 16.2 Å². The average Bonchev–Trinajstić information content (AvgIpc) is 2.94. The lowest BCUT2D eigenvalue weighted by Gasteiger charge is -2.17. The molecule has 1 aliphatic heterocycles. The summed E-state index contributed by atoms with van der Waals surface area (Å²) in [5.41, 5.74) is 1.50. The number of rotatable bonds is 6. The largest absolute Gasteiger partial charge is 0.489 e. The zero-order valence-electron chi connectivity index (χ0n) is 12.9. The van der Waals surface area contributed by atoms with E-state index in [0.717, 1.165) is 11.3 Å². The fourth-order valence-corrected chi connectivity index (χ4v) is 2.68. The molecule has 1 saturated heterocycles. The first kappa shape index (κ1) is 16.0. The molecule has 2 aromatic carbocycles. The highest BCUT2D eigenvalue weighted by Crippen LogP contribution is 2.24. The van der Waals surface area contributed by atoms with Gasteiger partial charge in [-0.05, 0) is 42.0 Å². The third-order valence-electron chi connectivity index (χ3n) is 3.87. The Morgan fingerprint density at radius 2 is 2.04 bits per heavy atom. The molecule has 2 aromatic rings. The third kappa shape index (κ3) is 3.71. The van der Waals surface area contributed by atoms with Crippen molar-refractivity contribution in [3.05, 3.63) is 59.9 Å². The van der Waals surface area contributed by atoms with Crippen LogP contribution in [0.3, 0.4) is 0 Å². The van der Waals surface area contributed by atoms with Gasteiger partial charge in [0.15, 0.2) is 0 Å². The number of nitrogens with one attached hydrogen (secondary N) is 1. The van der Waals surface area contributed by atoms with Gasteiger partial charge >= 0.3 is 0 Å². The molecular formula is C18H17FN2O3. The highest BCUT2D eigenvalue weighted by Gasteiger charge is 2.30. The fourth-order valence-electron chi connectivity index (χ4n) is 2.68. The lowest BCUT2D eigenvalue weighted by atomic mass is 10.2. The summed E-state index contributed by atoms with van der Waals surface area (Å²) in [7, 11) is 0. The zero-order chi connectivity index (χ0) is 16.9. The van der Waals surface area contributed by atoms with Crippen LogP contribution >= 0.6 is 0 Å². The summed E-state index contributed by atoms with van der Waals surface area (Å²) in [5.74, 6) is 0.317. The van der Waals surface area contributed by atoms with E-state index in [9.17, 15) is 14.0 Å². The number of benzene rings is 2. The van der Waals surface area contributed by atoms with E-state index in [4.69, 9.17) is 4.74 Å². The zero-order valence-corrected chi connectivity index (χ0v) is 12.9. The van der Waals surface area contributed by atoms with Crippen LogP contribution in [0.1, 0.15) is 12.0 Å². The monoisotopic (exact) mass is 328 g/mol. The van der Waals surface area contributed by atoms with Gasteiger partial charge in [0, 0.05) is 18.7 Å². The number of hydrogen-bond donors (Lipinski definition) is 1. The van der Waals surface area contributed by atoms with E-state index >= 15 is 0 Å². The van der Waals surface area contributed by atoms with Gasteiger partial charge in [-0.15, -0.1) is 0 Å². The van der Waals surface area contributed by atoms with Crippen molar-refractivity contribution in [2.24, 2.45) is 0 Å². The molecule has 5 nitrogen and oxygen atoms in total. The van der Waals surface area contributed by atoms with E-state index in [1.165, 1.54) is 12.1 Å². The molecule has 1 fully saturated rings. The number of anilines is 1. The smallest absolute Gasteiger partial charge is 0.229 e. The Kier molecular flexibility index (Phi) is 4.74. The van der Waals surface area contributed by atoms with Gasteiger partial charge in [0.2, 0.25) is 12.3 Å². The van der Waals surface area contributed by atoms with Crippen LogP contribution in [0.15, 0.2) is 48.5 Å². The van der Waals surface area contributed by atoms with Gasteiger partial charge in [0.05, 0.1) is 6.04 Å². The molecule has 0 aliphatic carbocycles. The maximum Gasteiger partial charge on any atom is 0.229 e. The molecule has 1 N–H and O–H groups in total. The van der Waals surface area contributed by atoms with Crippen molar-refractivity contribution in [3.8, 4) is 5.75 Å². The van der Waals surface area contributed by atoms with Crippen molar-refractivity contribution in [2.45, 2.75) is 19.1 Å². The van der Waals surface area contributed by atoms with Crippen molar-refractivity contribution < 1.29 is 18.7 Å². The first-order valence-electron chi connectivity index (χ1n) is 7.63. The maximum atomic E-state index is 13.1. The Morgan fingerprint density at radius 3 is 2.75 bits per heavy atom. The summed E-state index contributed by atoms with van der Waals surface area (Å²) in [6.45, 7) is 0.728. The van der Waals surface area contributed by atoms with Gasteiger partial charge in [0.1, 0.15) is 18.2 Å². The summed E-state index contributed by atoms with van der Waals surface area (Å²) >= 11 is 0. The number of carbonyl (C=O) groups excluding carboxylic acids is 2. The number of hydrogen-bond acceptors (Lipinski definition) is 3. The topological polar surface area (TPSA) is 58.6 Å². The number of amides is 2. The van der Waals surface area contributed by atoms with E-state index in [2.05, 4.69) is 5.32 Å². The van der Waals surface area contributed by atoms with Crippen LogP contribution in [0.25, 0.3) is 0 Å². The average molecular weight is 328 g/mol. The van der Waals surface area contributed by atoms with E-state index in [1.807, 2.05) is 0 Å². The first-order chi connectivity index (χ1) is 11.7. The second-order valence-electron chi connectivity index (χ2n) is 5.60. The Bertz CT molecular complexity index is 733. The van der Waals surface area contributed by atoms with E-state index < -0.39 is 0 Å². The Balaban J connectivity index is 1.61. The molecule has 1 atom stereocenters. The highest BCUT2D eigenvalue weighted by atomic mass is 19.1. The molecule has 24 heavy (non-hydrogen) atoms. The summed E-state index contributed by atoms with van der Waals surface area (Å²) in [5, 5.41) is 2.63. The van der Waals surface area contributed by atoms with Gasteiger partial charge in [-0.3, -0.25) is 9.59 Å². The molecule has 0 bridgehead atoms. The number of nitrogens with zero attached hydrogens (tertiary/aromatic N) is 1. The van der Waals surface area contributed by atoms with Crippen LogP contribution in [0.4, 0.5) is 10.1 Å². The fraction of sp³-hybridized carbons (Fsp3) is 0.222. The molecule has 0 unspecified atom stereocenters. The molecule has 0 spiro atoms. The van der Waals surface area contributed by atoms with Gasteiger partial charge in [-0.2, -0.15) is 0 Å². The van der Waals surface area contributed by atoms with Gasteiger partial charge < -0.3 is 15.0 Å². The summed E-state index contributed by atoms with van der Waals surface area (Å²) in [6, 6.07) is 13.2. The van der Waals surface area contributed by atoms with Crippen molar-refractivity contribution in [1.29, 1.82) is 0 Å². The number of halogens is 1. The molecule has 6 heteroatoms. The van der Waals surface area contributed by atoms with Crippen LogP contribution in [0.5, 0.6) is 5.75 Å². The second-order valence-corrected chi connectivity index (χ2v) is 5.60. The van der Waals surface area contributed by atoms with E-state index in [1.54, 1.807) is 41.3 Å². The molecule has 0 aromatic heterocycles. The normalized spacial score (nSPS) is 17.0. The predicted octanol–water partition coefficient (Wildman–Crippen LogP) is 2.26. The molecule has 1 aliphatic rings. The van der Waals surface area contributed by atoms with Crippen molar-refractivity contribution in [2.75, 3.05) is 11.4 Å². The van der Waals surface area contributed by atoms with E-state index in [0.29, 0.717) is 25.1 Å². The predicted molar refractivity (Wildman–Crippen MR) is 87.1 cm³/mol.